The van der Waals surface area contributed by atoms with Gasteiger partial charge in [0.2, 0.25) is 11.8 Å². The highest BCUT2D eigenvalue weighted by atomic mass is 16.3. The Hall–Kier alpha value is -2.73. The zero-order valence-electron chi connectivity index (χ0n) is 17.0. The van der Waals surface area contributed by atoms with Gasteiger partial charge in [0.05, 0.1) is 25.2 Å². The van der Waals surface area contributed by atoms with E-state index in [1.807, 2.05) is 18.3 Å². The molecule has 1 aliphatic carbocycles. The van der Waals surface area contributed by atoms with Gasteiger partial charge in [0.25, 0.3) is 0 Å². The molecule has 3 atom stereocenters. The van der Waals surface area contributed by atoms with Crippen molar-refractivity contribution in [3.05, 3.63) is 54.4 Å². The van der Waals surface area contributed by atoms with Gasteiger partial charge in [0, 0.05) is 30.8 Å². The number of aliphatic hydroxyl groups excluding tert-OH is 1. The Morgan fingerprint density at radius 2 is 1.87 bits per heavy atom. The van der Waals surface area contributed by atoms with E-state index in [-0.39, 0.29) is 48.9 Å². The van der Waals surface area contributed by atoms with Gasteiger partial charge in [-0.1, -0.05) is 43.2 Å². The number of hydrogen-bond acceptors (Lipinski definition) is 4. The second-order valence-corrected chi connectivity index (χ2v) is 8.71. The molecule has 0 bridgehead atoms. The lowest BCUT2D eigenvalue weighted by Crippen LogP contribution is -2.73. The zero-order valence-corrected chi connectivity index (χ0v) is 17.0. The SMILES string of the molecule is O=C(C1CCCC1)N1CC(=O)N2[C@H](C1)[C@H](c1ccc(-c3cccnc3)cc1)[C@@H]2CO. The summed E-state index contributed by atoms with van der Waals surface area (Å²) >= 11 is 0. The third-order valence-electron chi connectivity index (χ3n) is 7.06. The standard InChI is InChI=1S/C24H27N3O3/c28-15-21-23(17-9-7-16(8-10-17)19-6-3-11-25-12-19)20-13-26(14-22(29)27(20)21)24(30)18-4-1-2-5-18/h3,6-12,18,20-21,23,28H,1-2,4-5,13-15H2/t20-,21+,23+/m1/s1. The molecule has 2 amide bonds. The quantitative estimate of drug-likeness (QED) is 0.848. The molecule has 3 fully saturated rings. The van der Waals surface area contributed by atoms with Gasteiger partial charge in [-0.05, 0) is 35.6 Å². The van der Waals surface area contributed by atoms with Crippen LogP contribution in [0.2, 0.25) is 0 Å². The molecule has 6 heteroatoms. The molecule has 2 saturated heterocycles. The molecular formula is C24H27N3O3. The number of pyridine rings is 1. The Morgan fingerprint density at radius 1 is 1.10 bits per heavy atom. The summed E-state index contributed by atoms with van der Waals surface area (Å²) in [5, 5.41) is 9.97. The van der Waals surface area contributed by atoms with Crippen molar-refractivity contribution in [3.8, 4) is 11.1 Å². The highest BCUT2D eigenvalue weighted by Crippen LogP contribution is 2.43. The number of piperazine rings is 1. The molecule has 0 radical (unpaired) electrons. The van der Waals surface area contributed by atoms with Crippen molar-refractivity contribution in [2.75, 3.05) is 19.7 Å². The van der Waals surface area contributed by atoms with Crippen LogP contribution in [0.5, 0.6) is 0 Å². The number of amides is 2. The molecule has 1 N–H and O–H groups in total. The van der Waals surface area contributed by atoms with E-state index in [1.165, 1.54) is 0 Å². The van der Waals surface area contributed by atoms with Crippen LogP contribution >= 0.6 is 0 Å². The molecule has 3 aliphatic rings. The second-order valence-electron chi connectivity index (χ2n) is 8.71. The number of hydrogen-bond donors (Lipinski definition) is 1. The van der Waals surface area contributed by atoms with E-state index in [9.17, 15) is 14.7 Å². The van der Waals surface area contributed by atoms with E-state index in [0.29, 0.717) is 6.54 Å². The lowest BCUT2D eigenvalue weighted by atomic mass is 9.73. The molecular weight excluding hydrogens is 378 g/mol. The summed E-state index contributed by atoms with van der Waals surface area (Å²) in [7, 11) is 0. The largest absolute Gasteiger partial charge is 0.394 e. The van der Waals surface area contributed by atoms with Gasteiger partial charge in [-0.2, -0.15) is 0 Å². The highest BCUT2D eigenvalue weighted by Gasteiger charge is 2.54. The highest BCUT2D eigenvalue weighted by molar-refractivity contribution is 5.88. The molecule has 1 aromatic heterocycles. The number of carbonyl (C=O) groups is 2. The van der Waals surface area contributed by atoms with E-state index in [4.69, 9.17) is 0 Å². The van der Waals surface area contributed by atoms with E-state index < -0.39 is 0 Å². The van der Waals surface area contributed by atoms with Gasteiger partial charge in [0.1, 0.15) is 0 Å². The topological polar surface area (TPSA) is 73.7 Å². The summed E-state index contributed by atoms with van der Waals surface area (Å²) in [6, 6.07) is 12.0. The van der Waals surface area contributed by atoms with E-state index in [1.54, 1.807) is 16.0 Å². The maximum Gasteiger partial charge on any atom is 0.242 e. The molecule has 2 aliphatic heterocycles. The zero-order chi connectivity index (χ0) is 20.7. The van der Waals surface area contributed by atoms with Crippen LogP contribution < -0.4 is 0 Å². The van der Waals surface area contributed by atoms with Crippen LogP contribution in [-0.2, 0) is 9.59 Å². The molecule has 3 heterocycles. The summed E-state index contributed by atoms with van der Waals surface area (Å²) in [5.41, 5.74) is 3.24. The van der Waals surface area contributed by atoms with Gasteiger partial charge in [-0.25, -0.2) is 0 Å². The first-order valence-electron chi connectivity index (χ1n) is 10.9. The van der Waals surface area contributed by atoms with Crippen LogP contribution in [-0.4, -0.2) is 63.5 Å². The van der Waals surface area contributed by atoms with E-state index in [2.05, 4.69) is 29.2 Å². The minimum atomic E-state index is -0.213. The van der Waals surface area contributed by atoms with Crippen LogP contribution in [0.3, 0.4) is 0 Å². The lowest BCUT2D eigenvalue weighted by Gasteiger charge is -2.59. The predicted molar refractivity (Wildman–Crippen MR) is 112 cm³/mol. The number of aliphatic hydroxyl groups is 1. The normalized spacial score (nSPS) is 26.4. The molecule has 5 rings (SSSR count). The van der Waals surface area contributed by atoms with Crippen LogP contribution in [0.4, 0.5) is 0 Å². The first-order chi connectivity index (χ1) is 14.7. The fourth-order valence-electron chi connectivity index (χ4n) is 5.53. The summed E-state index contributed by atoms with van der Waals surface area (Å²) in [5.74, 6) is 0.217. The number of fused-ring (bicyclic) bond motifs is 1. The summed E-state index contributed by atoms with van der Waals surface area (Å²) in [4.78, 5) is 33.5. The Balaban J connectivity index is 1.37. The molecule has 156 valence electrons. The number of aromatic nitrogens is 1. The van der Waals surface area contributed by atoms with Crippen molar-refractivity contribution in [2.45, 2.75) is 43.7 Å². The third-order valence-corrected chi connectivity index (χ3v) is 7.06. The summed E-state index contributed by atoms with van der Waals surface area (Å²) < 4.78 is 0. The van der Waals surface area contributed by atoms with E-state index >= 15 is 0 Å². The van der Waals surface area contributed by atoms with Gasteiger partial charge in [0.15, 0.2) is 0 Å². The number of rotatable bonds is 4. The second kappa shape index (κ2) is 7.84. The van der Waals surface area contributed by atoms with Crippen molar-refractivity contribution in [1.82, 2.24) is 14.8 Å². The average Bonchev–Trinajstić information content (AvgIpc) is 3.30. The smallest absolute Gasteiger partial charge is 0.242 e. The maximum atomic E-state index is 12.9. The fourth-order valence-corrected chi connectivity index (χ4v) is 5.53. The molecule has 6 nitrogen and oxygen atoms in total. The Morgan fingerprint density at radius 3 is 2.53 bits per heavy atom. The van der Waals surface area contributed by atoms with Gasteiger partial charge in [-0.3, -0.25) is 14.6 Å². The fraction of sp³-hybridized carbons (Fsp3) is 0.458. The van der Waals surface area contributed by atoms with Crippen molar-refractivity contribution in [3.63, 3.8) is 0 Å². The number of carbonyl (C=O) groups excluding carboxylic acids is 2. The van der Waals surface area contributed by atoms with Crippen molar-refractivity contribution in [2.24, 2.45) is 5.92 Å². The monoisotopic (exact) mass is 405 g/mol. The average molecular weight is 405 g/mol. The Kier molecular flexibility index (Phi) is 5.03. The summed E-state index contributed by atoms with van der Waals surface area (Å²) in [6.45, 7) is 0.648. The van der Waals surface area contributed by atoms with Gasteiger partial charge in [-0.15, -0.1) is 0 Å². The number of nitrogens with zero attached hydrogens (tertiary/aromatic N) is 3. The van der Waals surface area contributed by atoms with Gasteiger partial charge >= 0.3 is 0 Å². The summed E-state index contributed by atoms with van der Waals surface area (Å²) in [6.07, 6.45) is 7.68. The minimum Gasteiger partial charge on any atom is -0.394 e. The maximum absolute atomic E-state index is 12.9. The van der Waals surface area contributed by atoms with E-state index in [0.717, 1.165) is 42.4 Å². The van der Waals surface area contributed by atoms with Crippen LogP contribution in [0.15, 0.2) is 48.8 Å². The molecule has 2 aromatic rings. The van der Waals surface area contributed by atoms with Gasteiger partial charge < -0.3 is 14.9 Å². The van der Waals surface area contributed by atoms with Crippen LogP contribution in [0.25, 0.3) is 11.1 Å². The van der Waals surface area contributed by atoms with Crippen LogP contribution in [0, 0.1) is 5.92 Å². The first kappa shape index (κ1) is 19.2. The predicted octanol–water partition coefficient (Wildman–Crippen LogP) is 2.44. The first-order valence-corrected chi connectivity index (χ1v) is 10.9. The third kappa shape index (κ3) is 3.19. The van der Waals surface area contributed by atoms with Crippen molar-refractivity contribution < 1.29 is 14.7 Å². The Bertz CT molecular complexity index is 924. The molecule has 1 saturated carbocycles. The minimum absolute atomic E-state index is 0.0418. The molecule has 1 aromatic carbocycles. The van der Waals surface area contributed by atoms with Crippen molar-refractivity contribution in [1.29, 1.82) is 0 Å². The Labute approximate surface area is 176 Å². The van der Waals surface area contributed by atoms with Crippen LogP contribution in [0.1, 0.15) is 37.2 Å². The molecule has 0 spiro atoms. The molecule has 0 unspecified atom stereocenters. The van der Waals surface area contributed by atoms with Crippen molar-refractivity contribution >= 4 is 11.8 Å². The number of benzene rings is 1. The lowest BCUT2D eigenvalue weighted by molar-refractivity contribution is -0.168. The molecule has 30 heavy (non-hydrogen) atoms.